The Kier molecular flexibility index (Phi) is 9.41. The number of hydrogen-bond donors (Lipinski definition) is 2. The number of hydrogen-bond acceptors (Lipinski definition) is 3. The van der Waals surface area contributed by atoms with Crippen LogP contribution in [0.15, 0.2) is 0 Å². The van der Waals surface area contributed by atoms with E-state index >= 15 is 0 Å². The van der Waals surface area contributed by atoms with E-state index in [1.165, 1.54) is 0 Å². The van der Waals surface area contributed by atoms with Gasteiger partial charge in [-0.3, -0.25) is 9.59 Å². The molecule has 1 atom stereocenters. The zero-order chi connectivity index (χ0) is 11.1. The summed E-state index contributed by atoms with van der Waals surface area (Å²) in [4.78, 5) is 23.4. The summed E-state index contributed by atoms with van der Waals surface area (Å²) in [5, 5.41) is 8.42. The maximum atomic E-state index is 11.5. The molecule has 0 aromatic rings. The Morgan fingerprint density at radius 1 is 1.33 bits per heavy atom. The second kappa shape index (κ2) is 8.49. The Balaban J connectivity index is 0. The monoisotopic (exact) mass is 238 g/mol. The maximum absolute atomic E-state index is 11.5. The van der Waals surface area contributed by atoms with Crippen LogP contribution >= 0.6 is 12.4 Å². The predicted molar refractivity (Wildman–Crippen MR) is 60.0 cm³/mol. The largest absolute Gasteiger partial charge is 0.481 e. The van der Waals surface area contributed by atoms with Crippen molar-refractivity contribution in [2.75, 3.05) is 13.1 Å². The Bertz CT molecular complexity index is 208. The average Bonchev–Trinajstić information content (AvgIpc) is 2.15. The Morgan fingerprint density at radius 2 is 1.80 bits per heavy atom. The summed E-state index contributed by atoms with van der Waals surface area (Å²) in [6, 6.07) is -0.689. The zero-order valence-corrected chi connectivity index (χ0v) is 9.92. The summed E-state index contributed by atoms with van der Waals surface area (Å²) in [6.45, 7) is 4.95. The first-order valence-corrected chi connectivity index (χ1v) is 4.79. The normalized spacial score (nSPS) is 11.4. The first-order chi connectivity index (χ1) is 6.52. The fourth-order valence-electron chi connectivity index (χ4n) is 1.17. The zero-order valence-electron chi connectivity index (χ0n) is 9.10. The third-order valence-corrected chi connectivity index (χ3v) is 2.06. The fourth-order valence-corrected chi connectivity index (χ4v) is 1.17. The van der Waals surface area contributed by atoms with E-state index in [0.29, 0.717) is 13.1 Å². The molecule has 0 aromatic heterocycles. The third-order valence-electron chi connectivity index (χ3n) is 2.06. The summed E-state index contributed by atoms with van der Waals surface area (Å²) in [5.74, 6) is -1.09. The van der Waals surface area contributed by atoms with Crippen molar-refractivity contribution in [2.45, 2.75) is 32.7 Å². The summed E-state index contributed by atoms with van der Waals surface area (Å²) in [5.41, 5.74) is 5.56. The van der Waals surface area contributed by atoms with Crippen molar-refractivity contribution >= 4 is 24.3 Å². The van der Waals surface area contributed by atoms with Crippen molar-refractivity contribution in [2.24, 2.45) is 5.73 Å². The van der Waals surface area contributed by atoms with Crippen molar-refractivity contribution < 1.29 is 14.7 Å². The van der Waals surface area contributed by atoms with Crippen LogP contribution in [0.25, 0.3) is 0 Å². The molecule has 6 heteroatoms. The van der Waals surface area contributed by atoms with Gasteiger partial charge in [-0.1, -0.05) is 0 Å². The van der Waals surface area contributed by atoms with Crippen molar-refractivity contribution in [3.63, 3.8) is 0 Å². The number of carboxylic acid groups (broad SMARTS) is 1. The van der Waals surface area contributed by atoms with Crippen LogP contribution in [0, 0.1) is 0 Å². The van der Waals surface area contributed by atoms with E-state index in [1.807, 2.05) is 13.8 Å². The van der Waals surface area contributed by atoms with Gasteiger partial charge in [0.1, 0.15) is 0 Å². The van der Waals surface area contributed by atoms with Crippen LogP contribution in [0.3, 0.4) is 0 Å². The highest BCUT2D eigenvalue weighted by Crippen LogP contribution is 2.00. The van der Waals surface area contributed by atoms with E-state index < -0.39 is 12.0 Å². The predicted octanol–water partition coefficient (Wildman–Crippen LogP) is 0.469. The van der Waals surface area contributed by atoms with Gasteiger partial charge in [0.2, 0.25) is 5.91 Å². The van der Waals surface area contributed by atoms with Gasteiger partial charge in [0.25, 0.3) is 0 Å². The van der Waals surface area contributed by atoms with Gasteiger partial charge in [-0.25, -0.2) is 0 Å². The number of carboxylic acids is 1. The van der Waals surface area contributed by atoms with E-state index in [2.05, 4.69) is 0 Å². The molecule has 3 N–H and O–H groups in total. The van der Waals surface area contributed by atoms with Crippen LogP contribution in [-0.4, -0.2) is 41.0 Å². The number of carbonyl (C=O) groups excluding carboxylic acids is 1. The summed E-state index contributed by atoms with van der Waals surface area (Å²) >= 11 is 0. The van der Waals surface area contributed by atoms with Crippen molar-refractivity contribution in [1.29, 1.82) is 0 Å². The standard InChI is InChI=1S/C9H18N2O3.ClH/c1-3-11(4-2)9(14)7(10)5-6-8(12)13;/h7H,3-6,10H2,1-2H3,(H,12,13);1H. The highest BCUT2D eigenvalue weighted by atomic mass is 35.5. The van der Waals surface area contributed by atoms with Gasteiger partial charge >= 0.3 is 5.97 Å². The molecule has 0 aromatic carbocycles. The van der Waals surface area contributed by atoms with Gasteiger partial charge in [0.15, 0.2) is 0 Å². The van der Waals surface area contributed by atoms with Crippen LogP contribution in [0.1, 0.15) is 26.7 Å². The number of nitrogens with zero attached hydrogens (tertiary/aromatic N) is 1. The molecule has 0 heterocycles. The van der Waals surface area contributed by atoms with Gasteiger partial charge < -0.3 is 15.7 Å². The highest BCUT2D eigenvalue weighted by Gasteiger charge is 2.18. The molecule has 0 aliphatic heterocycles. The number of amides is 1. The number of carbonyl (C=O) groups is 2. The molecule has 0 bridgehead atoms. The second-order valence-electron chi connectivity index (χ2n) is 3.05. The summed E-state index contributed by atoms with van der Waals surface area (Å²) in [6.07, 6.45) is 0.138. The minimum atomic E-state index is -0.923. The molecule has 15 heavy (non-hydrogen) atoms. The lowest BCUT2D eigenvalue weighted by Crippen LogP contribution is -2.43. The fraction of sp³-hybridized carbons (Fsp3) is 0.778. The van der Waals surface area contributed by atoms with E-state index in [9.17, 15) is 9.59 Å². The lowest BCUT2D eigenvalue weighted by Gasteiger charge is -2.22. The molecule has 1 unspecified atom stereocenters. The van der Waals surface area contributed by atoms with Gasteiger partial charge in [0, 0.05) is 19.5 Å². The van der Waals surface area contributed by atoms with Crippen molar-refractivity contribution in [3.8, 4) is 0 Å². The van der Waals surface area contributed by atoms with Gasteiger partial charge in [-0.05, 0) is 20.3 Å². The molecule has 1 amide bonds. The maximum Gasteiger partial charge on any atom is 0.303 e. The third kappa shape index (κ3) is 6.30. The van der Waals surface area contributed by atoms with Crippen LogP contribution < -0.4 is 5.73 Å². The number of aliphatic carboxylic acids is 1. The van der Waals surface area contributed by atoms with Crippen LogP contribution in [0.4, 0.5) is 0 Å². The second-order valence-corrected chi connectivity index (χ2v) is 3.05. The summed E-state index contributed by atoms with van der Waals surface area (Å²) < 4.78 is 0. The van der Waals surface area contributed by atoms with E-state index in [-0.39, 0.29) is 31.2 Å². The lowest BCUT2D eigenvalue weighted by molar-refractivity contribution is -0.137. The molecule has 0 radical (unpaired) electrons. The Morgan fingerprint density at radius 3 is 2.13 bits per heavy atom. The first-order valence-electron chi connectivity index (χ1n) is 4.79. The van der Waals surface area contributed by atoms with Gasteiger partial charge in [-0.2, -0.15) is 0 Å². The molecule has 0 rings (SSSR count). The molecule has 90 valence electrons. The first kappa shape index (κ1) is 16.6. The Hall–Kier alpha value is -0.810. The molecule has 5 nitrogen and oxygen atoms in total. The van der Waals surface area contributed by atoms with Gasteiger partial charge in [-0.15, -0.1) is 12.4 Å². The Labute approximate surface area is 96.0 Å². The minimum Gasteiger partial charge on any atom is -0.481 e. The molecular formula is C9H19ClN2O3. The quantitative estimate of drug-likeness (QED) is 0.705. The van der Waals surface area contributed by atoms with Crippen molar-refractivity contribution in [1.82, 2.24) is 4.90 Å². The number of rotatable bonds is 6. The molecule has 0 saturated carbocycles. The highest BCUT2D eigenvalue weighted by molar-refractivity contribution is 5.85. The number of likely N-dealkylation sites (N-methyl/N-ethyl adjacent to an activating group) is 1. The van der Waals surface area contributed by atoms with E-state index in [4.69, 9.17) is 10.8 Å². The topological polar surface area (TPSA) is 83.6 Å². The SMILES string of the molecule is CCN(CC)C(=O)C(N)CCC(=O)O.Cl. The lowest BCUT2D eigenvalue weighted by atomic mass is 10.1. The number of nitrogens with two attached hydrogens (primary N) is 1. The smallest absolute Gasteiger partial charge is 0.303 e. The van der Waals surface area contributed by atoms with Crippen LogP contribution in [0.5, 0.6) is 0 Å². The summed E-state index contributed by atoms with van der Waals surface area (Å²) in [7, 11) is 0. The molecule has 0 aliphatic carbocycles. The minimum absolute atomic E-state index is 0. The van der Waals surface area contributed by atoms with E-state index in [1.54, 1.807) is 4.90 Å². The van der Waals surface area contributed by atoms with Gasteiger partial charge in [0.05, 0.1) is 6.04 Å². The van der Waals surface area contributed by atoms with Crippen molar-refractivity contribution in [3.05, 3.63) is 0 Å². The molecule has 0 fully saturated rings. The number of halogens is 1. The molecule has 0 saturated heterocycles. The average molecular weight is 239 g/mol. The van der Waals surface area contributed by atoms with Crippen LogP contribution in [0.2, 0.25) is 0 Å². The molecule has 0 spiro atoms. The molecule has 0 aliphatic rings. The molecular weight excluding hydrogens is 220 g/mol. The van der Waals surface area contributed by atoms with E-state index in [0.717, 1.165) is 0 Å². The van der Waals surface area contributed by atoms with Crippen LogP contribution in [-0.2, 0) is 9.59 Å².